The van der Waals surface area contributed by atoms with Gasteiger partial charge in [0.2, 0.25) is 0 Å². The van der Waals surface area contributed by atoms with Crippen LogP contribution in [-0.2, 0) is 13.2 Å². The number of nitrogens with zero attached hydrogens (tertiary/aromatic N) is 2. The molecule has 0 amide bonds. The average Bonchev–Trinajstić information content (AvgIpc) is 2.65. The van der Waals surface area contributed by atoms with E-state index in [1.807, 2.05) is 0 Å². The van der Waals surface area contributed by atoms with Crippen LogP contribution in [0.2, 0.25) is 0 Å². The number of imidazole rings is 1. The van der Waals surface area contributed by atoms with E-state index in [-0.39, 0.29) is 5.69 Å². The van der Waals surface area contributed by atoms with Crippen molar-refractivity contribution in [3.63, 3.8) is 0 Å². The Bertz CT molecular complexity index is 612. The van der Waals surface area contributed by atoms with Gasteiger partial charge in [0, 0.05) is 18.3 Å². The highest BCUT2D eigenvalue weighted by molar-refractivity contribution is 5.76. The molecule has 0 saturated carbocycles. The molecule has 100 valence electrons. The fourth-order valence-electron chi connectivity index (χ4n) is 1.78. The molecule has 1 aromatic heterocycles. The van der Waals surface area contributed by atoms with Gasteiger partial charge in [-0.2, -0.15) is 13.2 Å². The lowest BCUT2D eigenvalue weighted by atomic mass is 10.1. The molecule has 2 rings (SSSR count). The SMILES string of the molecule is Cc1c(C=O)nc(-c2ccc(C(F)(F)F)cc2)n1C. The van der Waals surface area contributed by atoms with E-state index in [0.29, 0.717) is 23.4 Å². The molecule has 3 nitrogen and oxygen atoms in total. The lowest BCUT2D eigenvalue weighted by Gasteiger charge is -2.08. The fraction of sp³-hybridized carbons (Fsp3) is 0.231. The molecule has 0 fully saturated rings. The largest absolute Gasteiger partial charge is 0.416 e. The van der Waals surface area contributed by atoms with Crippen LogP contribution < -0.4 is 0 Å². The predicted molar refractivity (Wildman–Crippen MR) is 63.8 cm³/mol. The molecule has 0 bridgehead atoms. The van der Waals surface area contributed by atoms with Crippen LogP contribution in [0.15, 0.2) is 24.3 Å². The first-order valence-electron chi connectivity index (χ1n) is 5.50. The number of benzene rings is 1. The molecular formula is C13H11F3N2O. The number of aldehydes is 1. The Hall–Kier alpha value is -2.11. The highest BCUT2D eigenvalue weighted by atomic mass is 19.4. The van der Waals surface area contributed by atoms with Gasteiger partial charge in [0.15, 0.2) is 6.29 Å². The second-order valence-corrected chi connectivity index (χ2v) is 4.16. The zero-order chi connectivity index (χ0) is 14.2. The van der Waals surface area contributed by atoms with Gasteiger partial charge >= 0.3 is 6.18 Å². The van der Waals surface area contributed by atoms with E-state index < -0.39 is 11.7 Å². The minimum atomic E-state index is -4.36. The van der Waals surface area contributed by atoms with E-state index >= 15 is 0 Å². The van der Waals surface area contributed by atoms with Gasteiger partial charge in [-0.05, 0) is 19.1 Å². The maximum absolute atomic E-state index is 12.5. The summed E-state index contributed by atoms with van der Waals surface area (Å²) in [6.45, 7) is 1.73. The third kappa shape index (κ3) is 2.38. The molecule has 0 atom stereocenters. The summed E-state index contributed by atoms with van der Waals surface area (Å²) in [5.74, 6) is 0.466. The van der Waals surface area contributed by atoms with Gasteiger partial charge in [-0.15, -0.1) is 0 Å². The summed E-state index contributed by atoms with van der Waals surface area (Å²) in [4.78, 5) is 14.9. The first kappa shape index (κ1) is 13.3. The molecule has 0 unspecified atom stereocenters. The highest BCUT2D eigenvalue weighted by Crippen LogP contribution is 2.30. The predicted octanol–water partition coefficient (Wildman–Crippen LogP) is 3.23. The summed E-state index contributed by atoms with van der Waals surface area (Å²) in [7, 11) is 1.71. The third-order valence-corrected chi connectivity index (χ3v) is 3.00. The number of alkyl halides is 3. The van der Waals surface area contributed by atoms with Gasteiger partial charge in [-0.1, -0.05) is 12.1 Å². The standard InChI is InChI=1S/C13H11F3N2O/c1-8-11(7-19)17-12(18(8)2)9-3-5-10(6-4-9)13(14,15)16/h3-7H,1-2H3. The van der Waals surface area contributed by atoms with Crippen molar-refractivity contribution in [3.05, 3.63) is 41.2 Å². The molecule has 2 aromatic rings. The summed E-state index contributed by atoms with van der Waals surface area (Å²) >= 11 is 0. The van der Waals surface area contributed by atoms with Crippen molar-refractivity contribution in [2.24, 2.45) is 7.05 Å². The Morgan fingerprint density at radius 2 is 1.79 bits per heavy atom. The van der Waals surface area contributed by atoms with Crippen molar-refractivity contribution in [1.82, 2.24) is 9.55 Å². The monoisotopic (exact) mass is 268 g/mol. The van der Waals surface area contributed by atoms with Gasteiger partial charge in [0.1, 0.15) is 11.5 Å². The lowest BCUT2D eigenvalue weighted by molar-refractivity contribution is -0.137. The van der Waals surface area contributed by atoms with Gasteiger partial charge in [0.25, 0.3) is 0 Å². The van der Waals surface area contributed by atoms with Gasteiger partial charge in [-0.25, -0.2) is 4.98 Å². The van der Waals surface area contributed by atoms with E-state index in [1.54, 1.807) is 18.5 Å². The normalized spacial score (nSPS) is 11.6. The fourth-order valence-corrected chi connectivity index (χ4v) is 1.78. The van der Waals surface area contributed by atoms with Crippen molar-refractivity contribution in [3.8, 4) is 11.4 Å². The quantitative estimate of drug-likeness (QED) is 0.784. The minimum absolute atomic E-state index is 0.289. The Balaban J connectivity index is 2.46. The molecule has 0 spiro atoms. The molecule has 0 aliphatic rings. The minimum Gasteiger partial charge on any atom is -0.331 e. The van der Waals surface area contributed by atoms with E-state index in [4.69, 9.17) is 0 Å². The molecule has 0 saturated heterocycles. The van der Waals surface area contributed by atoms with Crippen LogP contribution in [0.25, 0.3) is 11.4 Å². The Kier molecular flexibility index (Phi) is 3.18. The molecule has 6 heteroatoms. The van der Waals surface area contributed by atoms with Crippen LogP contribution in [0, 0.1) is 6.92 Å². The highest BCUT2D eigenvalue weighted by Gasteiger charge is 2.30. The Labute approximate surface area is 107 Å². The molecule has 1 aromatic carbocycles. The molecule has 0 aliphatic carbocycles. The molecular weight excluding hydrogens is 257 g/mol. The zero-order valence-corrected chi connectivity index (χ0v) is 10.3. The number of rotatable bonds is 2. The van der Waals surface area contributed by atoms with Crippen LogP contribution in [0.3, 0.4) is 0 Å². The second kappa shape index (κ2) is 4.53. The van der Waals surface area contributed by atoms with Gasteiger partial charge in [-0.3, -0.25) is 4.79 Å². The second-order valence-electron chi connectivity index (χ2n) is 4.16. The summed E-state index contributed by atoms with van der Waals surface area (Å²) in [5.41, 5.74) is 0.784. The van der Waals surface area contributed by atoms with E-state index in [9.17, 15) is 18.0 Å². The Morgan fingerprint density at radius 1 is 1.21 bits per heavy atom. The van der Waals surface area contributed by atoms with Crippen LogP contribution in [0.5, 0.6) is 0 Å². The maximum Gasteiger partial charge on any atom is 0.416 e. The molecule has 1 heterocycles. The maximum atomic E-state index is 12.5. The number of carbonyl (C=O) groups is 1. The number of hydrogen-bond acceptors (Lipinski definition) is 2. The van der Waals surface area contributed by atoms with E-state index in [1.165, 1.54) is 12.1 Å². The van der Waals surface area contributed by atoms with Crippen LogP contribution in [0.1, 0.15) is 21.7 Å². The third-order valence-electron chi connectivity index (χ3n) is 3.00. The number of aromatic nitrogens is 2. The first-order valence-corrected chi connectivity index (χ1v) is 5.50. The topological polar surface area (TPSA) is 34.9 Å². The van der Waals surface area contributed by atoms with E-state index in [2.05, 4.69) is 4.98 Å². The summed E-state index contributed by atoms with van der Waals surface area (Å²) in [5, 5.41) is 0. The van der Waals surface area contributed by atoms with Crippen LogP contribution >= 0.6 is 0 Å². The lowest BCUT2D eigenvalue weighted by Crippen LogP contribution is -2.04. The van der Waals surface area contributed by atoms with Crippen LogP contribution in [-0.4, -0.2) is 15.8 Å². The number of halogens is 3. The zero-order valence-electron chi connectivity index (χ0n) is 10.3. The first-order chi connectivity index (χ1) is 8.84. The number of carbonyl (C=O) groups excluding carboxylic acids is 1. The molecule has 0 radical (unpaired) electrons. The van der Waals surface area contributed by atoms with E-state index in [0.717, 1.165) is 12.1 Å². The van der Waals surface area contributed by atoms with Crippen molar-refractivity contribution >= 4 is 6.29 Å². The summed E-state index contributed by atoms with van der Waals surface area (Å²) in [6, 6.07) is 4.69. The average molecular weight is 268 g/mol. The Morgan fingerprint density at radius 3 is 2.21 bits per heavy atom. The van der Waals surface area contributed by atoms with Gasteiger partial charge < -0.3 is 4.57 Å². The summed E-state index contributed by atoms with van der Waals surface area (Å²) < 4.78 is 39.0. The van der Waals surface area contributed by atoms with Crippen molar-refractivity contribution in [2.45, 2.75) is 13.1 Å². The van der Waals surface area contributed by atoms with Gasteiger partial charge in [0.05, 0.1) is 5.56 Å². The molecule has 0 N–H and O–H groups in total. The van der Waals surface area contributed by atoms with Crippen molar-refractivity contribution < 1.29 is 18.0 Å². The van der Waals surface area contributed by atoms with Crippen molar-refractivity contribution in [1.29, 1.82) is 0 Å². The van der Waals surface area contributed by atoms with Crippen molar-refractivity contribution in [2.75, 3.05) is 0 Å². The summed E-state index contributed by atoms with van der Waals surface area (Å²) in [6.07, 6.45) is -3.73. The molecule has 0 aliphatic heterocycles. The van der Waals surface area contributed by atoms with Crippen LogP contribution in [0.4, 0.5) is 13.2 Å². The number of hydrogen-bond donors (Lipinski definition) is 0. The smallest absolute Gasteiger partial charge is 0.331 e. The molecule has 19 heavy (non-hydrogen) atoms.